The molecule has 0 bridgehead atoms. The minimum absolute atomic E-state index is 0.147. The lowest BCUT2D eigenvalue weighted by Gasteiger charge is -2.42. The molecule has 0 aliphatic carbocycles. The molecule has 5 nitrogen and oxygen atoms in total. The van der Waals surface area contributed by atoms with E-state index >= 15 is 0 Å². The fraction of sp³-hybridized carbons (Fsp3) is 0.733. The van der Waals surface area contributed by atoms with Gasteiger partial charge in [-0.2, -0.15) is 4.98 Å². The largest absolute Gasteiger partial charge is 0.369 e. The Bertz CT molecular complexity index is 461. The van der Waals surface area contributed by atoms with Gasteiger partial charge in [0.15, 0.2) is 0 Å². The monoisotopic (exact) mass is 278 g/mol. The third-order valence-electron chi connectivity index (χ3n) is 3.35. The number of ether oxygens (including phenoxy) is 1. The topological polar surface area (TPSA) is 50.3 Å². The van der Waals surface area contributed by atoms with Crippen LogP contribution in [-0.4, -0.2) is 41.3 Å². The number of aromatic nitrogens is 2. The molecule has 1 unspecified atom stereocenters. The Labute approximate surface area is 121 Å². The van der Waals surface area contributed by atoms with Crippen LogP contribution in [-0.2, 0) is 4.74 Å². The summed E-state index contributed by atoms with van der Waals surface area (Å²) in [7, 11) is 0. The number of aryl methyl sites for hydroxylation is 1. The van der Waals surface area contributed by atoms with Gasteiger partial charge in [0, 0.05) is 31.4 Å². The SMILES string of the molecule is CCCNc1ncc(C)c(N2CC(C)OC(C)(C)C2)n1. The lowest BCUT2D eigenvalue weighted by atomic mass is 10.1. The molecule has 2 rings (SSSR count). The van der Waals surface area contributed by atoms with Crippen LogP contribution >= 0.6 is 0 Å². The van der Waals surface area contributed by atoms with Crippen LogP contribution < -0.4 is 10.2 Å². The molecule has 112 valence electrons. The van der Waals surface area contributed by atoms with Crippen molar-refractivity contribution in [1.29, 1.82) is 0 Å². The smallest absolute Gasteiger partial charge is 0.224 e. The van der Waals surface area contributed by atoms with Gasteiger partial charge in [-0.3, -0.25) is 0 Å². The fourth-order valence-corrected chi connectivity index (χ4v) is 2.69. The molecule has 0 amide bonds. The van der Waals surface area contributed by atoms with Gasteiger partial charge in [0.1, 0.15) is 5.82 Å². The zero-order valence-corrected chi connectivity index (χ0v) is 13.2. The molecule has 1 fully saturated rings. The van der Waals surface area contributed by atoms with Crippen LogP contribution in [0.3, 0.4) is 0 Å². The molecule has 0 radical (unpaired) electrons. The number of nitrogens with one attached hydrogen (secondary N) is 1. The van der Waals surface area contributed by atoms with Gasteiger partial charge in [0.25, 0.3) is 0 Å². The highest BCUT2D eigenvalue weighted by Gasteiger charge is 2.32. The third kappa shape index (κ3) is 3.60. The number of morpholine rings is 1. The van der Waals surface area contributed by atoms with Crippen molar-refractivity contribution >= 4 is 11.8 Å². The van der Waals surface area contributed by atoms with Crippen LogP contribution in [0, 0.1) is 6.92 Å². The molecule has 1 N–H and O–H groups in total. The van der Waals surface area contributed by atoms with Crippen LogP contribution in [0.1, 0.15) is 39.7 Å². The lowest BCUT2D eigenvalue weighted by Crippen LogP contribution is -2.52. The van der Waals surface area contributed by atoms with E-state index in [0.29, 0.717) is 5.95 Å². The van der Waals surface area contributed by atoms with Gasteiger partial charge < -0.3 is 15.0 Å². The highest BCUT2D eigenvalue weighted by molar-refractivity contribution is 5.49. The molecule has 0 aromatic carbocycles. The van der Waals surface area contributed by atoms with Crippen LogP contribution in [0.4, 0.5) is 11.8 Å². The minimum atomic E-state index is -0.147. The average Bonchev–Trinajstić information content (AvgIpc) is 2.35. The van der Waals surface area contributed by atoms with Gasteiger partial charge in [-0.15, -0.1) is 0 Å². The van der Waals surface area contributed by atoms with E-state index in [1.165, 1.54) is 0 Å². The second kappa shape index (κ2) is 5.95. The van der Waals surface area contributed by atoms with Crippen molar-refractivity contribution in [2.24, 2.45) is 0 Å². The Hall–Kier alpha value is -1.36. The van der Waals surface area contributed by atoms with Crippen molar-refractivity contribution in [2.45, 2.75) is 52.7 Å². The van der Waals surface area contributed by atoms with Gasteiger partial charge >= 0.3 is 0 Å². The minimum Gasteiger partial charge on any atom is -0.369 e. The highest BCUT2D eigenvalue weighted by atomic mass is 16.5. The van der Waals surface area contributed by atoms with E-state index in [1.54, 1.807) is 0 Å². The fourth-order valence-electron chi connectivity index (χ4n) is 2.69. The number of rotatable bonds is 4. The molecule has 0 saturated carbocycles. The first-order chi connectivity index (χ1) is 9.41. The summed E-state index contributed by atoms with van der Waals surface area (Å²) >= 11 is 0. The molecule has 1 atom stereocenters. The van der Waals surface area contributed by atoms with E-state index in [1.807, 2.05) is 6.20 Å². The number of anilines is 2. The Morgan fingerprint density at radius 3 is 2.90 bits per heavy atom. The molecule has 1 aliphatic heterocycles. The second-order valence-electron chi connectivity index (χ2n) is 6.20. The Balaban J connectivity index is 2.22. The van der Waals surface area contributed by atoms with Crippen molar-refractivity contribution in [1.82, 2.24) is 9.97 Å². The summed E-state index contributed by atoms with van der Waals surface area (Å²) in [6, 6.07) is 0. The zero-order chi connectivity index (χ0) is 14.8. The van der Waals surface area contributed by atoms with E-state index in [9.17, 15) is 0 Å². The standard InChI is InChI=1S/C15H26N4O/c1-6-7-16-14-17-8-11(2)13(18-14)19-9-12(3)20-15(4,5)10-19/h8,12H,6-7,9-10H2,1-5H3,(H,16,17,18). The molecule has 1 aromatic heterocycles. The van der Waals surface area contributed by atoms with E-state index in [2.05, 4.69) is 54.8 Å². The summed E-state index contributed by atoms with van der Waals surface area (Å²) in [5.41, 5.74) is 0.962. The molecule has 1 aliphatic rings. The first-order valence-electron chi connectivity index (χ1n) is 7.41. The summed E-state index contributed by atoms with van der Waals surface area (Å²) in [4.78, 5) is 11.3. The Kier molecular flexibility index (Phi) is 4.48. The molecule has 20 heavy (non-hydrogen) atoms. The quantitative estimate of drug-likeness (QED) is 0.917. The number of nitrogens with zero attached hydrogens (tertiary/aromatic N) is 3. The van der Waals surface area contributed by atoms with Crippen molar-refractivity contribution in [3.05, 3.63) is 11.8 Å². The summed E-state index contributed by atoms with van der Waals surface area (Å²) < 4.78 is 5.96. The second-order valence-corrected chi connectivity index (χ2v) is 6.20. The number of hydrogen-bond acceptors (Lipinski definition) is 5. The maximum atomic E-state index is 5.96. The molecular weight excluding hydrogens is 252 g/mol. The predicted molar refractivity (Wildman–Crippen MR) is 82.4 cm³/mol. The van der Waals surface area contributed by atoms with E-state index in [-0.39, 0.29) is 11.7 Å². The number of hydrogen-bond donors (Lipinski definition) is 1. The molecule has 1 saturated heterocycles. The van der Waals surface area contributed by atoms with Crippen LogP contribution in [0.15, 0.2) is 6.20 Å². The van der Waals surface area contributed by atoms with Crippen molar-refractivity contribution in [3.8, 4) is 0 Å². The molecule has 0 spiro atoms. The predicted octanol–water partition coefficient (Wildman–Crippen LogP) is 2.61. The molecule has 1 aromatic rings. The van der Waals surface area contributed by atoms with Crippen LogP contribution in [0.2, 0.25) is 0 Å². The van der Waals surface area contributed by atoms with Crippen LogP contribution in [0.5, 0.6) is 0 Å². The molecular formula is C15H26N4O. The van der Waals surface area contributed by atoms with Crippen molar-refractivity contribution in [2.75, 3.05) is 29.9 Å². The van der Waals surface area contributed by atoms with Gasteiger partial charge in [-0.25, -0.2) is 4.98 Å². The zero-order valence-electron chi connectivity index (χ0n) is 13.2. The summed E-state index contributed by atoms with van der Waals surface area (Å²) in [6.07, 6.45) is 3.17. The van der Waals surface area contributed by atoms with Gasteiger partial charge in [-0.1, -0.05) is 6.92 Å². The Morgan fingerprint density at radius 1 is 1.50 bits per heavy atom. The highest BCUT2D eigenvalue weighted by Crippen LogP contribution is 2.27. The average molecular weight is 278 g/mol. The first kappa shape index (κ1) is 15.0. The van der Waals surface area contributed by atoms with Gasteiger partial charge in [-0.05, 0) is 34.1 Å². The van der Waals surface area contributed by atoms with E-state index in [0.717, 1.165) is 37.4 Å². The summed E-state index contributed by atoms with van der Waals surface area (Å²) in [5, 5.41) is 3.25. The normalized spacial score (nSPS) is 21.9. The molecule has 2 heterocycles. The third-order valence-corrected chi connectivity index (χ3v) is 3.35. The van der Waals surface area contributed by atoms with Gasteiger partial charge in [0.05, 0.1) is 11.7 Å². The van der Waals surface area contributed by atoms with E-state index < -0.39 is 0 Å². The maximum Gasteiger partial charge on any atom is 0.224 e. The Morgan fingerprint density at radius 2 is 2.25 bits per heavy atom. The first-order valence-corrected chi connectivity index (χ1v) is 7.41. The summed E-state index contributed by atoms with van der Waals surface area (Å²) in [6.45, 7) is 13.2. The van der Waals surface area contributed by atoms with Crippen LogP contribution in [0.25, 0.3) is 0 Å². The lowest BCUT2D eigenvalue weighted by molar-refractivity contribution is -0.0751. The van der Waals surface area contributed by atoms with Gasteiger partial charge in [0.2, 0.25) is 5.95 Å². The molecule has 5 heteroatoms. The van der Waals surface area contributed by atoms with E-state index in [4.69, 9.17) is 4.74 Å². The summed E-state index contributed by atoms with van der Waals surface area (Å²) in [5.74, 6) is 1.73. The maximum absolute atomic E-state index is 5.96. The van der Waals surface area contributed by atoms with Crippen molar-refractivity contribution in [3.63, 3.8) is 0 Å². The van der Waals surface area contributed by atoms with Crippen molar-refractivity contribution < 1.29 is 4.74 Å².